The van der Waals surface area contributed by atoms with Crippen LogP contribution >= 0.6 is 0 Å². The second kappa shape index (κ2) is 7.17. The number of hydrogen-bond donors (Lipinski definition) is 2. The summed E-state index contributed by atoms with van der Waals surface area (Å²) in [6, 6.07) is 8.28. The fraction of sp³-hybridized carbons (Fsp3) is 0.562. The minimum Gasteiger partial charge on any atom is -0.338 e. The SMILES string of the molecule is Cc1ccccc1CCNC(=O)NCC1CCCC1. The van der Waals surface area contributed by atoms with Crippen LogP contribution in [0.25, 0.3) is 0 Å². The topological polar surface area (TPSA) is 41.1 Å². The summed E-state index contributed by atoms with van der Waals surface area (Å²) in [6.45, 7) is 3.63. The molecule has 1 aromatic carbocycles. The molecule has 1 aliphatic carbocycles. The van der Waals surface area contributed by atoms with E-state index in [2.05, 4.69) is 29.7 Å². The number of benzene rings is 1. The normalized spacial score (nSPS) is 15.4. The summed E-state index contributed by atoms with van der Waals surface area (Å²) in [5.74, 6) is 0.696. The number of rotatable bonds is 5. The second-order valence-electron chi connectivity index (χ2n) is 5.46. The second-order valence-corrected chi connectivity index (χ2v) is 5.46. The van der Waals surface area contributed by atoms with Crippen LogP contribution in [0.2, 0.25) is 0 Å². The van der Waals surface area contributed by atoms with Crippen molar-refractivity contribution in [1.29, 1.82) is 0 Å². The van der Waals surface area contributed by atoms with Gasteiger partial charge in [0.2, 0.25) is 0 Å². The Morgan fingerprint density at radius 1 is 1.21 bits per heavy atom. The van der Waals surface area contributed by atoms with Crippen molar-refractivity contribution in [2.75, 3.05) is 13.1 Å². The fourth-order valence-corrected chi connectivity index (χ4v) is 2.72. The van der Waals surface area contributed by atoms with Crippen molar-refractivity contribution in [2.24, 2.45) is 5.92 Å². The Morgan fingerprint density at radius 3 is 2.68 bits per heavy atom. The molecular formula is C16H24N2O. The predicted octanol–water partition coefficient (Wildman–Crippen LogP) is 3.03. The first-order chi connectivity index (χ1) is 9.25. The molecule has 2 amide bonds. The molecule has 1 aliphatic rings. The Labute approximate surface area is 115 Å². The molecule has 1 aromatic rings. The van der Waals surface area contributed by atoms with Crippen LogP contribution < -0.4 is 10.6 Å². The third-order valence-corrected chi connectivity index (χ3v) is 3.97. The molecule has 1 fully saturated rings. The van der Waals surface area contributed by atoms with Gasteiger partial charge in [-0.2, -0.15) is 0 Å². The van der Waals surface area contributed by atoms with Gasteiger partial charge in [-0.05, 0) is 43.2 Å². The van der Waals surface area contributed by atoms with Gasteiger partial charge in [0.25, 0.3) is 0 Å². The molecule has 3 heteroatoms. The molecule has 3 nitrogen and oxygen atoms in total. The van der Waals surface area contributed by atoms with E-state index in [1.807, 2.05) is 12.1 Å². The summed E-state index contributed by atoms with van der Waals surface area (Å²) in [5.41, 5.74) is 2.59. The highest BCUT2D eigenvalue weighted by molar-refractivity contribution is 5.73. The third kappa shape index (κ3) is 4.58. The molecular weight excluding hydrogens is 236 g/mol. The van der Waals surface area contributed by atoms with Crippen molar-refractivity contribution in [3.63, 3.8) is 0 Å². The molecule has 104 valence electrons. The van der Waals surface area contributed by atoms with Gasteiger partial charge < -0.3 is 10.6 Å². The Morgan fingerprint density at radius 2 is 1.95 bits per heavy atom. The van der Waals surface area contributed by atoms with Crippen molar-refractivity contribution in [2.45, 2.75) is 39.0 Å². The van der Waals surface area contributed by atoms with Gasteiger partial charge in [0.1, 0.15) is 0 Å². The van der Waals surface area contributed by atoms with Gasteiger partial charge in [-0.25, -0.2) is 4.79 Å². The van der Waals surface area contributed by atoms with Crippen LogP contribution in [0.15, 0.2) is 24.3 Å². The average molecular weight is 260 g/mol. The molecule has 0 saturated heterocycles. The molecule has 0 heterocycles. The molecule has 0 unspecified atom stereocenters. The highest BCUT2D eigenvalue weighted by atomic mass is 16.2. The van der Waals surface area contributed by atoms with Crippen LogP contribution in [0.1, 0.15) is 36.8 Å². The molecule has 0 bridgehead atoms. The quantitative estimate of drug-likeness (QED) is 0.839. The molecule has 0 radical (unpaired) electrons. The zero-order valence-corrected chi connectivity index (χ0v) is 11.7. The van der Waals surface area contributed by atoms with Crippen LogP contribution in [0.3, 0.4) is 0 Å². The Kier molecular flexibility index (Phi) is 5.25. The third-order valence-electron chi connectivity index (χ3n) is 3.97. The van der Waals surface area contributed by atoms with E-state index in [9.17, 15) is 4.79 Å². The first-order valence-corrected chi connectivity index (χ1v) is 7.32. The minimum absolute atomic E-state index is 0.0273. The highest BCUT2D eigenvalue weighted by Gasteiger charge is 2.15. The zero-order valence-electron chi connectivity index (χ0n) is 11.7. The van der Waals surface area contributed by atoms with E-state index in [-0.39, 0.29) is 6.03 Å². The molecule has 0 spiro atoms. The number of nitrogens with one attached hydrogen (secondary N) is 2. The van der Waals surface area contributed by atoms with Crippen LogP contribution in [0.5, 0.6) is 0 Å². The maximum absolute atomic E-state index is 11.7. The van der Waals surface area contributed by atoms with Gasteiger partial charge >= 0.3 is 6.03 Å². The number of urea groups is 1. The summed E-state index contributed by atoms with van der Waals surface area (Å²) in [4.78, 5) is 11.7. The zero-order chi connectivity index (χ0) is 13.5. The van der Waals surface area contributed by atoms with Crippen LogP contribution in [-0.4, -0.2) is 19.1 Å². The Hall–Kier alpha value is -1.51. The van der Waals surface area contributed by atoms with E-state index >= 15 is 0 Å². The summed E-state index contributed by atoms with van der Waals surface area (Å²) in [7, 11) is 0. The van der Waals surface area contributed by atoms with Crippen molar-refractivity contribution >= 4 is 6.03 Å². The van der Waals surface area contributed by atoms with Crippen molar-refractivity contribution in [1.82, 2.24) is 10.6 Å². The van der Waals surface area contributed by atoms with E-state index in [4.69, 9.17) is 0 Å². The minimum atomic E-state index is -0.0273. The summed E-state index contributed by atoms with van der Waals surface area (Å²) >= 11 is 0. The van der Waals surface area contributed by atoms with Gasteiger partial charge in [0.15, 0.2) is 0 Å². The smallest absolute Gasteiger partial charge is 0.314 e. The molecule has 19 heavy (non-hydrogen) atoms. The molecule has 0 atom stereocenters. The van der Waals surface area contributed by atoms with Crippen LogP contribution in [0, 0.1) is 12.8 Å². The monoisotopic (exact) mass is 260 g/mol. The first-order valence-electron chi connectivity index (χ1n) is 7.32. The number of carbonyl (C=O) groups is 1. The van der Waals surface area contributed by atoms with Crippen molar-refractivity contribution in [3.05, 3.63) is 35.4 Å². The largest absolute Gasteiger partial charge is 0.338 e. The van der Waals surface area contributed by atoms with E-state index in [1.165, 1.54) is 36.8 Å². The van der Waals surface area contributed by atoms with Gasteiger partial charge in [-0.1, -0.05) is 37.1 Å². The van der Waals surface area contributed by atoms with Gasteiger partial charge in [-0.3, -0.25) is 0 Å². The highest BCUT2D eigenvalue weighted by Crippen LogP contribution is 2.23. The van der Waals surface area contributed by atoms with E-state index in [0.29, 0.717) is 12.5 Å². The van der Waals surface area contributed by atoms with E-state index in [0.717, 1.165) is 13.0 Å². The standard InChI is InChI=1S/C16H24N2O/c1-13-6-2-5-9-15(13)10-11-17-16(19)18-12-14-7-3-4-8-14/h2,5-6,9,14H,3-4,7-8,10-12H2,1H3,(H2,17,18,19). The van der Waals surface area contributed by atoms with Crippen molar-refractivity contribution < 1.29 is 4.79 Å². The molecule has 0 aliphatic heterocycles. The average Bonchev–Trinajstić information content (AvgIpc) is 2.92. The fourth-order valence-electron chi connectivity index (χ4n) is 2.72. The molecule has 2 rings (SSSR count). The number of hydrogen-bond acceptors (Lipinski definition) is 1. The van der Waals surface area contributed by atoms with Gasteiger partial charge in [0.05, 0.1) is 0 Å². The number of amides is 2. The summed E-state index contributed by atoms with van der Waals surface area (Å²) in [6.07, 6.45) is 6.07. The Balaban J connectivity index is 1.62. The molecule has 0 aromatic heterocycles. The Bertz CT molecular complexity index is 411. The molecule has 2 N–H and O–H groups in total. The number of carbonyl (C=O) groups excluding carboxylic acids is 1. The summed E-state index contributed by atoms with van der Waals surface area (Å²) < 4.78 is 0. The van der Waals surface area contributed by atoms with Gasteiger partial charge in [-0.15, -0.1) is 0 Å². The number of aryl methyl sites for hydroxylation is 1. The lowest BCUT2D eigenvalue weighted by molar-refractivity contribution is 0.239. The summed E-state index contributed by atoms with van der Waals surface area (Å²) in [5, 5.41) is 5.91. The predicted molar refractivity (Wildman–Crippen MR) is 78.2 cm³/mol. The maximum Gasteiger partial charge on any atom is 0.314 e. The lowest BCUT2D eigenvalue weighted by Gasteiger charge is -2.12. The maximum atomic E-state index is 11.7. The van der Waals surface area contributed by atoms with E-state index < -0.39 is 0 Å². The molecule has 1 saturated carbocycles. The lowest BCUT2D eigenvalue weighted by atomic mass is 10.1. The van der Waals surface area contributed by atoms with Crippen molar-refractivity contribution in [3.8, 4) is 0 Å². The van der Waals surface area contributed by atoms with Crippen LogP contribution in [0.4, 0.5) is 4.79 Å². The van der Waals surface area contributed by atoms with E-state index in [1.54, 1.807) is 0 Å². The lowest BCUT2D eigenvalue weighted by Crippen LogP contribution is -2.38. The van der Waals surface area contributed by atoms with Crippen LogP contribution in [-0.2, 0) is 6.42 Å². The van der Waals surface area contributed by atoms with Gasteiger partial charge in [0, 0.05) is 13.1 Å². The first kappa shape index (κ1) is 13.9.